The Kier molecular flexibility index (Phi) is 5.82. The zero-order chi connectivity index (χ0) is 8.65. The Morgan fingerprint density at radius 3 is 2.67 bits per heavy atom. The summed E-state index contributed by atoms with van der Waals surface area (Å²) in [5.74, 6) is 1.09. The van der Waals surface area contributed by atoms with E-state index in [0.717, 1.165) is 17.6 Å². The van der Waals surface area contributed by atoms with E-state index in [2.05, 4.69) is 0 Å². The van der Waals surface area contributed by atoms with Gasteiger partial charge in [0.2, 0.25) is 0 Å². The summed E-state index contributed by atoms with van der Waals surface area (Å²) in [6.45, 7) is 1.43. The molecule has 12 heavy (non-hydrogen) atoms. The molecule has 0 aliphatic heterocycles. The highest BCUT2D eigenvalue weighted by atomic mass is 32.2. The van der Waals surface area contributed by atoms with Crippen molar-refractivity contribution >= 4 is 11.8 Å². The van der Waals surface area contributed by atoms with Crippen molar-refractivity contribution in [2.75, 3.05) is 25.6 Å². The van der Waals surface area contributed by atoms with Crippen molar-refractivity contribution in [2.45, 2.75) is 30.9 Å². The summed E-state index contributed by atoms with van der Waals surface area (Å²) in [6, 6.07) is 0. The van der Waals surface area contributed by atoms with E-state index in [1.807, 2.05) is 11.8 Å². The van der Waals surface area contributed by atoms with Gasteiger partial charge < -0.3 is 9.84 Å². The SMILES string of the molecule is OCCOCCSC1CCCC1. The highest BCUT2D eigenvalue weighted by Crippen LogP contribution is 2.28. The Balaban J connectivity index is 1.81. The second kappa shape index (κ2) is 6.75. The first kappa shape index (κ1) is 10.4. The predicted octanol–water partition coefficient (Wildman–Crippen LogP) is 1.67. The van der Waals surface area contributed by atoms with Crippen molar-refractivity contribution in [1.29, 1.82) is 0 Å². The van der Waals surface area contributed by atoms with Gasteiger partial charge in [0.1, 0.15) is 0 Å². The second-order valence-corrected chi connectivity index (χ2v) is 4.52. The van der Waals surface area contributed by atoms with E-state index in [1.165, 1.54) is 25.7 Å². The van der Waals surface area contributed by atoms with Crippen LogP contribution in [0.3, 0.4) is 0 Å². The first-order chi connectivity index (χ1) is 5.93. The van der Waals surface area contributed by atoms with Gasteiger partial charge in [0.25, 0.3) is 0 Å². The number of hydrogen-bond donors (Lipinski definition) is 1. The van der Waals surface area contributed by atoms with Gasteiger partial charge >= 0.3 is 0 Å². The average molecular weight is 190 g/mol. The quantitative estimate of drug-likeness (QED) is 0.646. The highest BCUT2D eigenvalue weighted by molar-refractivity contribution is 7.99. The lowest BCUT2D eigenvalue weighted by Crippen LogP contribution is -2.05. The minimum atomic E-state index is 0.147. The fourth-order valence-electron chi connectivity index (χ4n) is 1.50. The van der Waals surface area contributed by atoms with Crippen molar-refractivity contribution in [1.82, 2.24) is 0 Å². The van der Waals surface area contributed by atoms with Crippen molar-refractivity contribution < 1.29 is 9.84 Å². The van der Waals surface area contributed by atoms with Gasteiger partial charge in [0.05, 0.1) is 19.8 Å². The molecule has 1 saturated carbocycles. The lowest BCUT2D eigenvalue weighted by molar-refractivity contribution is 0.103. The summed E-state index contributed by atoms with van der Waals surface area (Å²) in [4.78, 5) is 0. The monoisotopic (exact) mass is 190 g/mol. The molecular formula is C9H18O2S. The highest BCUT2D eigenvalue weighted by Gasteiger charge is 2.14. The topological polar surface area (TPSA) is 29.5 Å². The zero-order valence-electron chi connectivity index (χ0n) is 7.50. The van der Waals surface area contributed by atoms with Crippen molar-refractivity contribution in [2.24, 2.45) is 0 Å². The Morgan fingerprint density at radius 2 is 2.00 bits per heavy atom. The molecule has 0 aromatic rings. The molecule has 0 spiro atoms. The van der Waals surface area contributed by atoms with Crippen molar-refractivity contribution in [3.05, 3.63) is 0 Å². The third kappa shape index (κ3) is 4.33. The van der Waals surface area contributed by atoms with Crippen LogP contribution in [0.15, 0.2) is 0 Å². The average Bonchev–Trinajstić information content (AvgIpc) is 2.57. The fraction of sp³-hybridized carbons (Fsp3) is 1.00. The summed E-state index contributed by atoms with van der Waals surface area (Å²) >= 11 is 2.03. The minimum Gasteiger partial charge on any atom is -0.394 e. The van der Waals surface area contributed by atoms with Crippen LogP contribution in [-0.2, 0) is 4.74 Å². The molecule has 0 bridgehead atoms. The summed E-state index contributed by atoms with van der Waals surface area (Å²) in [5, 5.41) is 9.34. The standard InChI is InChI=1S/C9H18O2S/c10-5-6-11-7-8-12-9-3-1-2-4-9/h9-10H,1-8H2. The van der Waals surface area contributed by atoms with Crippen molar-refractivity contribution in [3.8, 4) is 0 Å². The summed E-state index contributed by atoms with van der Waals surface area (Å²) in [7, 11) is 0. The molecule has 0 amide bonds. The van der Waals surface area contributed by atoms with Crippen LogP contribution >= 0.6 is 11.8 Å². The van der Waals surface area contributed by atoms with E-state index in [-0.39, 0.29) is 6.61 Å². The van der Waals surface area contributed by atoms with Gasteiger partial charge in [-0.25, -0.2) is 0 Å². The van der Waals surface area contributed by atoms with Gasteiger partial charge in [-0.15, -0.1) is 0 Å². The Bertz CT molecular complexity index is 103. The maximum Gasteiger partial charge on any atom is 0.0698 e. The predicted molar refractivity (Wildman–Crippen MR) is 52.6 cm³/mol. The lowest BCUT2D eigenvalue weighted by atomic mass is 10.4. The number of aliphatic hydroxyl groups excluding tert-OH is 1. The molecule has 0 heterocycles. The number of ether oxygens (including phenoxy) is 1. The molecule has 0 radical (unpaired) electrons. The normalized spacial score (nSPS) is 18.8. The smallest absolute Gasteiger partial charge is 0.0698 e. The van der Waals surface area contributed by atoms with Crippen LogP contribution in [0, 0.1) is 0 Å². The van der Waals surface area contributed by atoms with E-state index < -0.39 is 0 Å². The maximum atomic E-state index is 8.45. The fourth-order valence-corrected chi connectivity index (χ4v) is 2.71. The van der Waals surface area contributed by atoms with Gasteiger partial charge in [-0.1, -0.05) is 12.8 Å². The van der Waals surface area contributed by atoms with Gasteiger partial charge in [-0.2, -0.15) is 11.8 Å². The van der Waals surface area contributed by atoms with Crippen LogP contribution in [0.1, 0.15) is 25.7 Å². The molecule has 1 fully saturated rings. The number of rotatable bonds is 6. The van der Waals surface area contributed by atoms with Crippen LogP contribution in [0.25, 0.3) is 0 Å². The van der Waals surface area contributed by atoms with Crippen LogP contribution in [0.4, 0.5) is 0 Å². The van der Waals surface area contributed by atoms with E-state index in [0.29, 0.717) is 6.61 Å². The molecule has 1 aliphatic rings. The van der Waals surface area contributed by atoms with Gasteiger partial charge in [-0.3, -0.25) is 0 Å². The molecule has 0 unspecified atom stereocenters. The second-order valence-electron chi connectivity index (χ2n) is 3.11. The largest absolute Gasteiger partial charge is 0.394 e. The van der Waals surface area contributed by atoms with Crippen LogP contribution in [0.2, 0.25) is 0 Å². The molecule has 2 nitrogen and oxygen atoms in total. The third-order valence-electron chi connectivity index (χ3n) is 2.12. The Morgan fingerprint density at radius 1 is 1.25 bits per heavy atom. The third-order valence-corrected chi connectivity index (χ3v) is 3.46. The van der Waals surface area contributed by atoms with E-state index >= 15 is 0 Å². The van der Waals surface area contributed by atoms with Gasteiger partial charge in [-0.05, 0) is 12.8 Å². The number of hydrogen-bond acceptors (Lipinski definition) is 3. The molecule has 0 saturated heterocycles. The van der Waals surface area contributed by atoms with E-state index in [9.17, 15) is 0 Å². The minimum absolute atomic E-state index is 0.147. The maximum absolute atomic E-state index is 8.45. The molecule has 72 valence electrons. The lowest BCUT2D eigenvalue weighted by Gasteiger charge is -2.07. The van der Waals surface area contributed by atoms with Gasteiger partial charge in [0, 0.05) is 11.0 Å². The summed E-state index contributed by atoms with van der Waals surface area (Å²) in [6.07, 6.45) is 5.61. The first-order valence-corrected chi connectivity index (χ1v) is 5.78. The van der Waals surface area contributed by atoms with Crippen molar-refractivity contribution in [3.63, 3.8) is 0 Å². The number of aliphatic hydroxyl groups is 1. The van der Waals surface area contributed by atoms with Crippen LogP contribution < -0.4 is 0 Å². The molecule has 0 aromatic heterocycles. The molecule has 1 aliphatic carbocycles. The Labute approximate surface area is 78.7 Å². The molecule has 3 heteroatoms. The van der Waals surface area contributed by atoms with Crippen LogP contribution in [-0.4, -0.2) is 35.9 Å². The summed E-state index contributed by atoms with van der Waals surface area (Å²) < 4.78 is 5.17. The summed E-state index contributed by atoms with van der Waals surface area (Å²) in [5.41, 5.74) is 0. The Hall–Kier alpha value is 0.270. The van der Waals surface area contributed by atoms with Gasteiger partial charge in [0.15, 0.2) is 0 Å². The number of thioether (sulfide) groups is 1. The molecule has 0 atom stereocenters. The molecule has 0 aromatic carbocycles. The van der Waals surface area contributed by atoms with Crippen LogP contribution in [0.5, 0.6) is 0 Å². The zero-order valence-corrected chi connectivity index (χ0v) is 8.31. The van der Waals surface area contributed by atoms with E-state index in [1.54, 1.807) is 0 Å². The first-order valence-electron chi connectivity index (χ1n) is 4.73. The molecule has 1 N–H and O–H groups in total. The molecule has 1 rings (SSSR count). The molecular weight excluding hydrogens is 172 g/mol. The van der Waals surface area contributed by atoms with E-state index in [4.69, 9.17) is 9.84 Å².